The first-order valence-electron chi connectivity index (χ1n) is 8.55. The van der Waals surface area contributed by atoms with Crippen LogP contribution in [0.15, 0.2) is 59.1 Å². The van der Waals surface area contributed by atoms with Crippen LogP contribution in [0, 0.1) is 5.92 Å². The van der Waals surface area contributed by atoms with E-state index in [1.807, 2.05) is 30.3 Å². The molecule has 0 aromatic heterocycles. The van der Waals surface area contributed by atoms with Crippen molar-refractivity contribution in [1.29, 1.82) is 0 Å². The fraction of sp³-hybridized carbons (Fsp3) is 0.250. The van der Waals surface area contributed by atoms with Crippen molar-refractivity contribution >= 4 is 39.4 Å². The lowest BCUT2D eigenvalue weighted by Gasteiger charge is -2.16. The largest absolute Gasteiger partial charge is 0.455 e. The van der Waals surface area contributed by atoms with Gasteiger partial charge in [-0.1, -0.05) is 46.3 Å². The van der Waals surface area contributed by atoms with Gasteiger partial charge in [0, 0.05) is 29.7 Å². The normalized spacial score (nSPS) is 16.3. The van der Waals surface area contributed by atoms with E-state index in [9.17, 15) is 14.4 Å². The Morgan fingerprint density at radius 3 is 2.52 bits per heavy atom. The van der Waals surface area contributed by atoms with Crippen molar-refractivity contribution < 1.29 is 19.1 Å². The molecule has 0 bridgehead atoms. The molecule has 6 nitrogen and oxygen atoms in total. The minimum absolute atomic E-state index is 0.0832. The summed E-state index contributed by atoms with van der Waals surface area (Å²) in [4.78, 5) is 37.9. The molecule has 1 aliphatic heterocycles. The van der Waals surface area contributed by atoms with Crippen LogP contribution in [0.3, 0.4) is 0 Å². The maximum Gasteiger partial charge on any atom is 0.311 e. The van der Waals surface area contributed by atoms with Crippen LogP contribution < -0.4 is 5.32 Å². The second-order valence-corrected chi connectivity index (χ2v) is 7.24. The zero-order chi connectivity index (χ0) is 19.2. The number of nitrogens with one attached hydrogen (secondary N) is 1. The molecule has 0 radical (unpaired) electrons. The van der Waals surface area contributed by atoms with Gasteiger partial charge in [-0.2, -0.15) is 0 Å². The van der Waals surface area contributed by atoms with Gasteiger partial charge in [-0.15, -0.1) is 0 Å². The maximum absolute atomic E-state index is 12.2. The Labute approximate surface area is 165 Å². The van der Waals surface area contributed by atoms with Gasteiger partial charge in [-0.3, -0.25) is 14.4 Å². The van der Waals surface area contributed by atoms with E-state index in [1.165, 1.54) is 0 Å². The Morgan fingerprint density at radius 2 is 1.81 bits per heavy atom. The average Bonchev–Trinajstić information content (AvgIpc) is 3.03. The molecule has 1 N–H and O–H groups in total. The van der Waals surface area contributed by atoms with Gasteiger partial charge in [0.1, 0.15) is 0 Å². The van der Waals surface area contributed by atoms with Gasteiger partial charge in [-0.05, 0) is 29.8 Å². The first-order chi connectivity index (χ1) is 13.0. The summed E-state index contributed by atoms with van der Waals surface area (Å²) in [6.07, 6.45) is 0.111. The number of hydrogen-bond acceptors (Lipinski definition) is 4. The van der Waals surface area contributed by atoms with Crippen LogP contribution in [0.25, 0.3) is 0 Å². The lowest BCUT2D eigenvalue weighted by Crippen LogP contribution is -2.28. The Kier molecular flexibility index (Phi) is 6.24. The molecule has 1 heterocycles. The summed E-state index contributed by atoms with van der Waals surface area (Å²) in [5.74, 6) is -1.57. The van der Waals surface area contributed by atoms with Crippen molar-refractivity contribution in [2.45, 2.75) is 13.0 Å². The average molecular weight is 431 g/mol. The summed E-state index contributed by atoms with van der Waals surface area (Å²) in [7, 11) is 0. The Balaban J connectivity index is 1.46. The number of halogens is 1. The second kappa shape index (κ2) is 8.81. The lowest BCUT2D eigenvalue weighted by atomic mass is 10.1. The van der Waals surface area contributed by atoms with E-state index in [1.54, 1.807) is 29.2 Å². The quantitative estimate of drug-likeness (QED) is 0.714. The predicted octanol–water partition coefficient (Wildman–Crippen LogP) is 2.98. The van der Waals surface area contributed by atoms with Gasteiger partial charge >= 0.3 is 5.97 Å². The highest BCUT2D eigenvalue weighted by atomic mass is 79.9. The van der Waals surface area contributed by atoms with Crippen LogP contribution in [0.5, 0.6) is 0 Å². The van der Waals surface area contributed by atoms with Crippen LogP contribution in [-0.4, -0.2) is 35.8 Å². The van der Waals surface area contributed by atoms with Crippen LogP contribution in [-0.2, 0) is 25.7 Å². The summed E-state index contributed by atoms with van der Waals surface area (Å²) < 4.78 is 5.99. The van der Waals surface area contributed by atoms with E-state index in [4.69, 9.17) is 4.74 Å². The van der Waals surface area contributed by atoms with E-state index in [0.717, 1.165) is 10.0 Å². The standard InChI is InChI=1S/C20H19BrN2O4/c21-16-6-8-17(9-7-16)22-18(24)13-27-20(26)15-10-19(25)23(12-15)11-14-4-2-1-3-5-14/h1-9,15H,10-13H2,(H,22,24)/t15-/m0/s1. The number of nitrogens with zero attached hydrogens (tertiary/aromatic N) is 1. The van der Waals surface area contributed by atoms with Crippen LogP contribution in [0.4, 0.5) is 5.69 Å². The molecule has 2 aromatic carbocycles. The number of carbonyl (C=O) groups excluding carboxylic acids is 3. The van der Waals surface area contributed by atoms with Gasteiger partial charge in [-0.25, -0.2) is 0 Å². The number of amides is 2. The van der Waals surface area contributed by atoms with E-state index in [2.05, 4.69) is 21.2 Å². The molecule has 0 saturated carbocycles. The van der Waals surface area contributed by atoms with Crippen LogP contribution in [0.1, 0.15) is 12.0 Å². The highest BCUT2D eigenvalue weighted by molar-refractivity contribution is 9.10. The molecule has 1 aliphatic rings. The van der Waals surface area contributed by atoms with Gasteiger partial charge < -0.3 is 15.0 Å². The topological polar surface area (TPSA) is 75.7 Å². The van der Waals surface area contributed by atoms with Crippen molar-refractivity contribution in [1.82, 2.24) is 4.90 Å². The number of anilines is 1. The number of carbonyl (C=O) groups is 3. The van der Waals surface area contributed by atoms with Crippen molar-refractivity contribution in [2.24, 2.45) is 5.92 Å². The molecule has 2 aromatic rings. The van der Waals surface area contributed by atoms with Crippen LogP contribution >= 0.6 is 15.9 Å². The fourth-order valence-corrected chi connectivity index (χ4v) is 3.14. The fourth-order valence-electron chi connectivity index (χ4n) is 2.87. The molecule has 0 aliphatic carbocycles. The molecular weight excluding hydrogens is 412 g/mol. The molecule has 1 atom stereocenters. The molecule has 2 amide bonds. The zero-order valence-electron chi connectivity index (χ0n) is 14.6. The second-order valence-electron chi connectivity index (χ2n) is 6.32. The summed E-state index contributed by atoms with van der Waals surface area (Å²) in [5.41, 5.74) is 1.62. The van der Waals surface area contributed by atoms with Crippen molar-refractivity contribution in [3.8, 4) is 0 Å². The zero-order valence-corrected chi connectivity index (χ0v) is 16.1. The third-order valence-electron chi connectivity index (χ3n) is 4.24. The molecular formula is C20H19BrN2O4. The third kappa shape index (κ3) is 5.40. The van der Waals surface area contributed by atoms with Gasteiger partial charge in [0.05, 0.1) is 5.92 Å². The Hall–Kier alpha value is -2.67. The Bertz CT molecular complexity index is 824. The van der Waals surface area contributed by atoms with Crippen molar-refractivity contribution in [3.05, 3.63) is 64.6 Å². The molecule has 1 fully saturated rings. The Morgan fingerprint density at radius 1 is 1.11 bits per heavy atom. The summed E-state index contributed by atoms with van der Waals surface area (Å²) >= 11 is 3.32. The van der Waals surface area contributed by atoms with Gasteiger partial charge in [0.15, 0.2) is 6.61 Å². The third-order valence-corrected chi connectivity index (χ3v) is 4.77. The van der Waals surface area contributed by atoms with E-state index >= 15 is 0 Å². The SMILES string of the molecule is O=C(COC(=O)[C@H]1CC(=O)N(Cc2ccccc2)C1)Nc1ccc(Br)cc1. The van der Waals surface area contributed by atoms with E-state index < -0.39 is 17.8 Å². The highest BCUT2D eigenvalue weighted by Crippen LogP contribution is 2.21. The first kappa shape index (κ1) is 19.1. The summed E-state index contributed by atoms with van der Waals surface area (Å²) in [6.45, 7) is 0.396. The molecule has 140 valence electrons. The monoisotopic (exact) mass is 430 g/mol. The number of ether oxygens (including phenoxy) is 1. The van der Waals surface area contributed by atoms with Gasteiger partial charge in [0.2, 0.25) is 5.91 Å². The predicted molar refractivity (Wildman–Crippen MR) is 104 cm³/mol. The highest BCUT2D eigenvalue weighted by Gasteiger charge is 2.35. The first-order valence-corrected chi connectivity index (χ1v) is 9.34. The smallest absolute Gasteiger partial charge is 0.311 e. The minimum Gasteiger partial charge on any atom is -0.455 e. The molecule has 27 heavy (non-hydrogen) atoms. The van der Waals surface area contributed by atoms with Gasteiger partial charge in [0.25, 0.3) is 5.91 Å². The number of esters is 1. The van der Waals surface area contributed by atoms with Crippen molar-refractivity contribution in [3.63, 3.8) is 0 Å². The van der Waals surface area contributed by atoms with Crippen LogP contribution in [0.2, 0.25) is 0 Å². The van der Waals surface area contributed by atoms with Crippen molar-refractivity contribution in [2.75, 3.05) is 18.5 Å². The minimum atomic E-state index is -0.540. The maximum atomic E-state index is 12.2. The lowest BCUT2D eigenvalue weighted by molar-refractivity contribution is -0.151. The summed E-state index contributed by atoms with van der Waals surface area (Å²) in [6, 6.07) is 16.7. The number of rotatable bonds is 6. The van der Waals surface area contributed by atoms with E-state index in [0.29, 0.717) is 18.8 Å². The molecule has 0 spiro atoms. The number of benzene rings is 2. The molecule has 3 rings (SSSR count). The van der Waals surface area contributed by atoms with E-state index in [-0.39, 0.29) is 18.9 Å². The summed E-state index contributed by atoms with van der Waals surface area (Å²) in [5, 5.41) is 2.65. The molecule has 1 saturated heterocycles. The molecule has 7 heteroatoms. The number of hydrogen-bond donors (Lipinski definition) is 1. The molecule has 0 unspecified atom stereocenters. The number of likely N-dealkylation sites (tertiary alicyclic amines) is 1.